The molecule has 0 bridgehead atoms. The van der Waals surface area contributed by atoms with E-state index in [1.807, 2.05) is 19.1 Å². The molecule has 0 spiro atoms. The van der Waals surface area contributed by atoms with Crippen LogP contribution in [0.1, 0.15) is 21.6 Å². The molecular weight excluding hydrogens is 408 g/mol. The number of fused-ring (bicyclic) bond motifs is 1. The number of carbonyl (C=O) groups is 1. The molecular formula is C24H18N4O4. The van der Waals surface area contributed by atoms with E-state index in [0.29, 0.717) is 45.3 Å². The number of benzene rings is 1. The topological polar surface area (TPSA) is 103 Å². The van der Waals surface area contributed by atoms with Gasteiger partial charge in [-0.15, -0.1) is 0 Å². The number of aromatic nitrogens is 3. The quantitative estimate of drug-likeness (QED) is 0.393. The average molecular weight is 426 g/mol. The Morgan fingerprint density at radius 1 is 1.09 bits per heavy atom. The molecule has 8 nitrogen and oxygen atoms in total. The molecule has 0 saturated carbocycles. The molecule has 4 aromatic heterocycles. The molecule has 1 N–H and O–H groups in total. The second-order valence-electron chi connectivity index (χ2n) is 7.21. The van der Waals surface area contributed by atoms with Gasteiger partial charge in [0.2, 0.25) is 0 Å². The van der Waals surface area contributed by atoms with Crippen molar-refractivity contribution in [1.82, 2.24) is 15.1 Å². The van der Waals surface area contributed by atoms with Gasteiger partial charge in [0.05, 0.1) is 29.1 Å². The minimum Gasteiger partial charge on any atom is -0.463 e. The fourth-order valence-corrected chi connectivity index (χ4v) is 3.40. The van der Waals surface area contributed by atoms with Crippen LogP contribution in [0.5, 0.6) is 11.5 Å². The first kappa shape index (κ1) is 19.5. The zero-order valence-corrected chi connectivity index (χ0v) is 17.3. The van der Waals surface area contributed by atoms with Gasteiger partial charge in [-0.1, -0.05) is 5.16 Å². The number of hydrogen-bond acceptors (Lipinski definition) is 7. The minimum atomic E-state index is -0.308. The number of carbonyl (C=O) groups excluding carboxylic acids is 1. The maximum atomic E-state index is 13.2. The van der Waals surface area contributed by atoms with Crippen molar-refractivity contribution in [2.75, 3.05) is 5.32 Å². The highest BCUT2D eigenvalue weighted by molar-refractivity contribution is 6.13. The lowest BCUT2D eigenvalue weighted by Crippen LogP contribution is -2.13. The van der Waals surface area contributed by atoms with Gasteiger partial charge in [0, 0.05) is 11.9 Å². The van der Waals surface area contributed by atoms with Gasteiger partial charge in [-0.2, -0.15) is 0 Å². The molecule has 32 heavy (non-hydrogen) atoms. The van der Waals surface area contributed by atoms with Crippen molar-refractivity contribution in [3.05, 3.63) is 84.0 Å². The Balaban J connectivity index is 1.45. The number of pyridine rings is 2. The fourth-order valence-electron chi connectivity index (χ4n) is 3.40. The number of hydrogen-bond donors (Lipinski definition) is 1. The summed E-state index contributed by atoms with van der Waals surface area (Å²) in [6.45, 7) is 3.68. The number of rotatable bonds is 5. The second kappa shape index (κ2) is 7.99. The van der Waals surface area contributed by atoms with Crippen LogP contribution in [-0.2, 0) is 0 Å². The van der Waals surface area contributed by atoms with Crippen molar-refractivity contribution in [1.29, 1.82) is 0 Å². The molecule has 0 fully saturated rings. The van der Waals surface area contributed by atoms with E-state index >= 15 is 0 Å². The third-order valence-corrected chi connectivity index (χ3v) is 4.93. The molecule has 0 saturated heterocycles. The standard InChI is InChI=1S/C24H18N4O4/c1-14-11-16(7-8-20(14)31-17-5-3-9-25-13-17)26-23(29)18-12-19(21-6-4-10-30-21)27-24-22(18)15(2)28-32-24/h3-13H,1-2H3,(H,26,29). The van der Waals surface area contributed by atoms with E-state index in [-0.39, 0.29) is 11.6 Å². The molecule has 1 aromatic carbocycles. The summed E-state index contributed by atoms with van der Waals surface area (Å²) in [6.07, 6.45) is 4.87. The molecule has 8 heteroatoms. The maximum Gasteiger partial charge on any atom is 0.259 e. The Morgan fingerprint density at radius 3 is 2.75 bits per heavy atom. The van der Waals surface area contributed by atoms with E-state index in [1.165, 1.54) is 0 Å². The molecule has 0 unspecified atom stereocenters. The van der Waals surface area contributed by atoms with Crippen LogP contribution in [0.4, 0.5) is 5.69 Å². The van der Waals surface area contributed by atoms with Crippen LogP contribution >= 0.6 is 0 Å². The van der Waals surface area contributed by atoms with E-state index in [1.54, 1.807) is 62.0 Å². The fraction of sp³-hybridized carbons (Fsp3) is 0.0833. The van der Waals surface area contributed by atoms with E-state index < -0.39 is 0 Å². The number of anilines is 1. The third-order valence-electron chi connectivity index (χ3n) is 4.93. The molecule has 0 aliphatic carbocycles. The summed E-state index contributed by atoms with van der Waals surface area (Å²) in [5.74, 6) is 1.54. The van der Waals surface area contributed by atoms with Crippen LogP contribution in [-0.4, -0.2) is 21.0 Å². The number of nitrogens with one attached hydrogen (secondary N) is 1. The molecule has 158 valence electrons. The summed E-state index contributed by atoms with van der Waals surface area (Å²) >= 11 is 0. The summed E-state index contributed by atoms with van der Waals surface area (Å²) in [5.41, 5.74) is 3.24. The van der Waals surface area contributed by atoms with Crippen LogP contribution in [0, 0.1) is 13.8 Å². The lowest BCUT2D eigenvalue weighted by atomic mass is 10.1. The Kier molecular flexibility index (Phi) is 4.87. The number of furan rings is 1. The molecule has 0 atom stereocenters. The molecule has 4 heterocycles. The first-order chi connectivity index (χ1) is 15.6. The Labute approximate surface area is 182 Å². The van der Waals surface area contributed by atoms with Crippen molar-refractivity contribution in [2.24, 2.45) is 0 Å². The number of ether oxygens (including phenoxy) is 1. The molecule has 5 rings (SSSR count). The molecule has 0 aliphatic rings. The first-order valence-corrected chi connectivity index (χ1v) is 9.89. The van der Waals surface area contributed by atoms with Crippen molar-refractivity contribution in [3.63, 3.8) is 0 Å². The first-order valence-electron chi connectivity index (χ1n) is 9.89. The summed E-state index contributed by atoms with van der Waals surface area (Å²) in [5, 5.41) is 7.46. The van der Waals surface area contributed by atoms with Crippen LogP contribution in [0.2, 0.25) is 0 Å². The average Bonchev–Trinajstić information content (AvgIpc) is 3.46. The lowest BCUT2D eigenvalue weighted by Gasteiger charge is -2.11. The van der Waals surface area contributed by atoms with E-state index in [4.69, 9.17) is 13.7 Å². The molecule has 5 aromatic rings. The summed E-state index contributed by atoms with van der Waals surface area (Å²) < 4.78 is 16.6. The van der Waals surface area contributed by atoms with Gasteiger partial charge in [0.1, 0.15) is 17.2 Å². The van der Waals surface area contributed by atoms with Crippen LogP contribution in [0.15, 0.2) is 76.1 Å². The third kappa shape index (κ3) is 3.69. The minimum absolute atomic E-state index is 0.276. The second-order valence-corrected chi connectivity index (χ2v) is 7.21. The van der Waals surface area contributed by atoms with Gasteiger partial charge in [0.25, 0.3) is 11.6 Å². The van der Waals surface area contributed by atoms with Crippen LogP contribution < -0.4 is 10.1 Å². The van der Waals surface area contributed by atoms with Crippen molar-refractivity contribution < 1.29 is 18.5 Å². The highest BCUT2D eigenvalue weighted by Gasteiger charge is 2.20. The van der Waals surface area contributed by atoms with Gasteiger partial charge in [-0.25, -0.2) is 4.98 Å². The Bertz CT molecular complexity index is 1410. The van der Waals surface area contributed by atoms with Crippen molar-refractivity contribution >= 4 is 22.7 Å². The van der Waals surface area contributed by atoms with Crippen LogP contribution in [0.3, 0.4) is 0 Å². The van der Waals surface area contributed by atoms with Gasteiger partial charge < -0.3 is 19.0 Å². The monoisotopic (exact) mass is 426 g/mol. The number of nitrogens with zero attached hydrogens (tertiary/aromatic N) is 3. The highest BCUT2D eigenvalue weighted by Crippen LogP contribution is 2.30. The Morgan fingerprint density at radius 2 is 2.00 bits per heavy atom. The van der Waals surface area contributed by atoms with Gasteiger partial charge in [-0.05, 0) is 67.9 Å². The van der Waals surface area contributed by atoms with Crippen molar-refractivity contribution in [2.45, 2.75) is 13.8 Å². The van der Waals surface area contributed by atoms with E-state index in [9.17, 15) is 4.79 Å². The normalized spacial score (nSPS) is 10.9. The van der Waals surface area contributed by atoms with Crippen LogP contribution in [0.25, 0.3) is 22.6 Å². The predicted octanol–water partition coefficient (Wildman–Crippen LogP) is 5.54. The van der Waals surface area contributed by atoms with Gasteiger partial charge >= 0.3 is 0 Å². The maximum absolute atomic E-state index is 13.2. The zero-order chi connectivity index (χ0) is 22.1. The molecule has 1 amide bonds. The Hall–Kier alpha value is -4.46. The smallest absolute Gasteiger partial charge is 0.259 e. The molecule has 0 radical (unpaired) electrons. The lowest BCUT2D eigenvalue weighted by molar-refractivity contribution is 0.102. The van der Waals surface area contributed by atoms with E-state index in [0.717, 1.165) is 5.56 Å². The molecule has 0 aliphatic heterocycles. The highest BCUT2D eigenvalue weighted by atomic mass is 16.5. The van der Waals surface area contributed by atoms with Gasteiger partial charge in [0.15, 0.2) is 5.76 Å². The van der Waals surface area contributed by atoms with Crippen molar-refractivity contribution in [3.8, 4) is 23.0 Å². The summed E-state index contributed by atoms with van der Waals surface area (Å²) in [7, 11) is 0. The number of aryl methyl sites for hydroxylation is 2. The summed E-state index contributed by atoms with van der Waals surface area (Å²) in [4.78, 5) is 21.7. The number of amides is 1. The van der Waals surface area contributed by atoms with Gasteiger partial charge in [-0.3, -0.25) is 9.78 Å². The zero-order valence-electron chi connectivity index (χ0n) is 17.3. The largest absolute Gasteiger partial charge is 0.463 e. The summed E-state index contributed by atoms with van der Waals surface area (Å²) in [6, 6.07) is 14.3. The van der Waals surface area contributed by atoms with E-state index in [2.05, 4.69) is 20.4 Å². The predicted molar refractivity (Wildman–Crippen MR) is 118 cm³/mol. The SMILES string of the molecule is Cc1cc(NC(=O)c2cc(-c3ccco3)nc3onc(C)c23)ccc1Oc1cccnc1.